The Morgan fingerprint density at radius 2 is 1.86 bits per heavy atom. The van der Waals surface area contributed by atoms with E-state index in [2.05, 4.69) is 10.3 Å². The summed E-state index contributed by atoms with van der Waals surface area (Å²) in [6.07, 6.45) is 1.18. The molecule has 1 N–H and O–H groups in total. The molecule has 4 rings (SSSR count). The summed E-state index contributed by atoms with van der Waals surface area (Å²) in [6, 6.07) is 14.5. The predicted molar refractivity (Wildman–Crippen MR) is 113 cm³/mol. The van der Waals surface area contributed by atoms with Gasteiger partial charge in [-0.25, -0.2) is 0 Å². The maximum Gasteiger partial charge on any atom is 0.262 e. The molecule has 1 amide bonds. The van der Waals surface area contributed by atoms with Gasteiger partial charge >= 0.3 is 0 Å². The lowest BCUT2D eigenvalue weighted by Crippen LogP contribution is -2.32. The van der Waals surface area contributed by atoms with Crippen LogP contribution in [0.5, 0.6) is 11.5 Å². The lowest BCUT2D eigenvalue weighted by Gasteiger charge is -2.27. The van der Waals surface area contributed by atoms with Gasteiger partial charge in [-0.2, -0.15) is 0 Å². The Morgan fingerprint density at radius 1 is 1.10 bits per heavy atom. The van der Waals surface area contributed by atoms with Crippen LogP contribution in [0.2, 0.25) is 5.02 Å². The highest BCUT2D eigenvalue weighted by atomic mass is 35.5. The first-order chi connectivity index (χ1) is 14.0. The number of methoxy groups -OCH3 is 2. The number of pyridine rings is 1. The number of ether oxygens (including phenoxy) is 2. The predicted octanol–water partition coefficient (Wildman–Crippen LogP) is 4.83. The molecule has 1 aromatic heterocycles. The quantitative estimate of drug-likeness (QED) is 0.653. The summed E-state index contributed by atoms with van der Waals surface area (Å²) in [4.78, 5) is 19.3. The maximum atomic E-state index is 13.2. The van der Waals surface area contributed by atoms with Gasteiger partial charge in [-0.3, -0.25) is 14.7 Å². The zero-order chi connectivity index (χ0) is 20.5. The molecule has 1 aliphatic heterocycles. The molecule has 3 aromatic rings. The van der Waals surface area contributed by atoms with Crippen LogP contribution in [0.15, 0.2) is 54.7 Å². The molecule has 1 atom stereocenters. The normalized spacial score (nSPS) is 15.2. The number of benzene rings is 2. The van der Waals surface area contributed by atoms with Crippen LogP contribution in [0.25, 0.3) is 0 Å². The molecular weight excluding hydrogens is 390 g/mol. The second-order valence-corrected chi connectivity index (χ2v) is 7.07. The van der Waals surface area contributed by atoms with E-state index < -0.39 is 6.17 Å². The van der Waals surface area contributed by atoms with Gasteiger partial charge in [0, 0.05) is 23.0 Å². The number of carbonyl (C=O) groups excluding carboxylic acids is 1. The molecule has 0 saturated carbocycles. The van der Waals surface area contributed by atoms with Crippen LogP contribution in [0.4, 0.5) is 11.4 Å². The van der Waals surface area contributed by atoms with E-state index in [1.165, 1.54) is 0 Å². The summed E-state index contributed by atoms with van der Waals surface area (Å²) in [5.41, 5.74) is 3.57. The number of aryl methyl sites for hydroxylation is 1. The zero-order valence-corrected chi connectivity index (χ0v) is 17.0. The molecule has 0 bridgehead atoms. The van der Waals surface area contributed by atoms with Crippen LogP contribution in [0, 0.1) is 6.92 Å². The van der Waals surface area contributed by atoms with Crippen molar-refractivity contribution in [2.75, 3.05) is 24.4 Å². The summed E-state index contributed by atoms with van der Waals surface area (Å²) in [5, 5.41) is 4.03. The highest BCUT2D eigenvalue weighted by Crippen LogP contribution is 2.40. The minimum atomic E-state index is -0.499. The lowest BCUT2D eigenvalue weighted by atomic mass is 10.1. The first-order valence-electron chi connectivity index (χ1n) is 9.06. The van der Waals surface area contributed by atoms with Gasteiger partial charge < -0.3 is 14.8 Å². The third-order valence-electron chi connectivity index (χ3n) is 4.93. The largest absolute Gasteiger partial charge is 0.497 e. The van der Waals surface area contributed by atoms with E-state index in [1.807, 2.05) is 37.3 Å². The summed E-state index contributed by atoms with van der Waals surface area (Å²) in [6.45, 7) is 1.92. The van der Waals surface area contributed by atoms with Gasteiger partial charge in [0.2, 0.25) is 0 Å². The van der Waals surface area contributed by atoms with Crippen molar-refractivity contribution in [3.05, 3.63) is 76.6 Å². The van der Waals surface area contributed by atoms with Crippen molar-refractivity contribution in [3.8, 4) is 11.5 Å². The molecule has 0 saturated heterocycles. The topological polar surface area (TPSA) is 63.7 Å². The number of amides is 1. The number of hydrogen-bond acceptors (Lipinski definition) is 5. The van der Waals surface area contributed by atoms with Gasteiger partial charge in [0.15, 0.2) is 6.17 Å². The van der Waals surface area contributed by atoms with Crippen molar-refractivity contribution in [2.45, 2.75) is 13.1 Å². The number of nitrogens with one attached hydrogen (secondary N) is 1. The van der Waals surface area contributed by atoms with E-state index in [0.717, 1.165) is 22.7 Å². The Bertz CT molecular complexity index is 1070. The minimum absolute atomic E-state index is 0.125. The average Bonchev–Trinajstić information content (AvgIpc) is 3.02. The Morgan fingerprint density at radius 3 is 2.55 bits per heavy atom. The van der Waals surface area contributed by atoms with E-state index in [4.69, 9.17) is 21.1 Å². The van der Waals surface area contributed by atoms with Crippen LogP contribution in [0.1, 0.15) is 27.8 Å². The van der Waals surface area contributed by atoms with E-state index in [-0.39, 0.29) is 5.91 Å². The molecule has 6 nitrogen and oxygen atoms in total. The van der Waals surface area contributed by atoms with E-state index in [9.17, 15) is 4.79 Å². The van der Waals surface area contributed by atoms with Crippen molar-refractivity contribution >= 4 is 28.9 Å². The van der Waals surface area contributed by atoms with Gasteiger partial charge in [0.25, 0.3) is 5.91 Å². The van der Waals surface area contributed by atoms with Gasteiger partial charge in [-0.15, -0.1) is 0 Å². The molecule has 0 spiro atoms. The maximum absolute atomic E-state index is 13.2. The number of hydrogen-bond donors (Lipinski definition) is 1. The molecule has 1 unspecified atom stereocenters. The summed E-state index contributed by atoms with van der Waals surface area (Å²) < 4.78 is 10.7. The van der Waals surface area contributed by atoms with Crippen LogP contribution >= 0.6 is 11.6 Å². The van der Waals surface area contributed by atoms with Crippen LogP contribution in [-0.4, -0.2) is 25.1 Å². The number of fused-ring (bicyclic) bond motifs is 1. The molecular formula is C22H20ClN3O3. The molecule has 1 aliphatic rings. The lowest BCUT2D eigenvalue weighted by molar-refractivity contribution is 0.0993. The van der Waals surface area contributed by atoms with Gasteiger partial charge in [0.1, 0.15) is 11.5 Å². The molecule has 0 aliphatic carbocycles. The number of anilines is 2. The van der Waals surface area contributed by atoms with E-state index in [1.54, 1.807) is 43.5 Å². The van der Waals surface area contributed by atoms with Crippen LogP contribution < -0.4 is 19.7 Å². The Labute approximate surface area is 174 Å². The molecule has 0 fully saturated rings. The monoisotopic (exact) mass is 409 g/mol. The van der Waals surface area contributed by atoms with Crippen molar-refractivity contribution in [1.82, 2.24) is 4.98 Å². The van der Waals surface area contributed by atoms with Crippen LogP contribution in [-0.2, 0) is 0 Å². The molecule has 148 valence electrons. The second kappa shape index (κ2) is 7.64. The fraction of sp³-hybridized carbons (Fsp3) is 0.182. The number of rotatable bonds is 5. The molecule has 7 heteroatoms. The average molecular weight is 410 g/mol. The minimum Gasteiger partial charge on any atom is -0.497 e. The fourth-order valence-corrected chi connectivity index (χ4v) is 3.57. The number of aromatic nitrogens is 1. The summed E-state index contributed by atoms with van der Waals surface area (Å²) >= 11 is 6.24. The summed E-state index contributed by atoms with van der Waals surface area (Å²) in [7, 11) is 3.19. The highest BCUT2D eigenvalue weighted by molar-refractivity contribution is 6.31. The third kappa shape index (κ3) is 3.36. The molecule has 2 aromatic carbocycles. The number of halogens is 1. The smallest absolute Gasteiger partial charge is 0.262 e. The van der Waals surface area contributed by atoms with Crippen molar-refractivity contribution < 1.29 is 14.3 Å². The second-order valence-electron chi connectivity index (χ2n) is 6.66. The van der Waals surface area contributed by atoms with Crippen molar-refractivity contribution in [1.29, 1.82) is 0 Å². The van der Waals surface area contributed by atoms with Gasteiger partial charge in [-0.05, 0) is 55.0 Å². The standard InChI is InChI=1S/C22H20ClN3O3/c1-13-11-18(19(29-3)12-17(13)23)25-21-20-16(5-4-10-24-20)22(27)26(21)14-6-8-15(28-2)9-7-14/h4-12,21,25H,1-3H3. The van der Waals surface area contributed by atoms with Crippen molar-refractivity contribution in [2.24, 2.45) is 0 Å². The number of carbonyl (C=O) groups is 1. The first-order valence-corrected chi connectivity index (χ1v) is 9.44. The Hall–Kier alpha value is -3.25. The highest BCUT2D eigenvalue weighted by Gasteiger charge is 2.39. The SMILES string of the molecule is COc1ccc(N2C(=O)c3cccnc3C2Nc2cc(C)c(Cl)cc2OC)cc1. The Balaban J connectivity index is 1.79. The van der Waals surface area contributed by atoms with Gasteiger partial charge in [0.05, 0.1) is 31.2 Å². The van der Waals surface area contributed by atoms with Crippen molar-refractivity contribution in [3.63, 3.8) is 0 Å². The summed E-state index contributed by atoms with van der Waals surface area (Å²) in [5.74, 6) is 1.18. The van der Waals surface area contributed by atoms with Crippen LogP contribution in [0.3, 0.4) is 0 Å². The first kappa shape index (κ1) is 19.1. The molecule has 29 heavy (non-hydrogen) atoms. The third-order valence-corrected chi connectivity index (χ3v) is 5.34. The Kier molecular flexibility index (Phi) is 5.03. The zero-order valence-electron chi connectivity index (χ0n) is 16.3. The van der Waals surface area contributed by atoms with E-state index >= 15 is 0 Å². The molecule has 0 radical (unpaired) electrons. The number of nitrogens with zero attached hydrogens (tertiary/aromatic N) is 2. The van der Waals surface area contributed by atoms with E-state index in [0.29, 0.717) is 22.0 Å². The van der Waals surface area contributed by atoms with Gasteiger partial charge in [-0.1, -0.05) is 11.6 Å². The fourth-order valence-electron chi connectivity index (χ4n) is 3.42. The molecule has 2 heterocycles.